The van der Waals surface area contributed by atoms with Gasteiger partial charge in [0.25, 0.3) is 5.91 Å². The molecule has 2 aromatic carbocycles. The predicted octanol–water partition coefficient (Wildman–Crippen LogP) is 5.28. The standard InChI is InChI=1S/C21H17F6N3O2/c1-2-13-6-5-8-15(10-13)30-16(11-18(29-30)20(22,23)24)19(31)28-12-14-7-3-4-9-17(14)32-21(25,26)27/h3-11H,2,12H2,1H3,(H,28,31). The van der Waals surface area contributed by atoms with E-state index in [9.17, 15) is 31.1 Å². The molecule has 0 spiro atoms. The van der Waals surface area contributed by atoms with Crippen LogP contribution in [0.1, 0.15) is 34.2 Å². The molecule has 1 N–H and O–H groups in total. The summed E-state index contributed by atoms with van der Waals surface area (Å²) in [4.78, 5) is 12.7. The third-order valence-corrected chi connectivity index (χ3v) is 4.43. The molecular weight excluding hydrogens is 440 g/mol. The third kappa shape index (κ3) is 5.59. The van der Waals surface area contributed by atoms with Crippen molar-refractivity contribution in [2.75, 3.05) is 0 Å². The van der Waals surface area contributed by atoms with Crippen LogP contribution in [0.5, 0.6) is 5.75 Å². The van der Waals surface area contributed by atoms with Gasteiger partial charge in [-0.15, -0.1) is 13.2 Å². The van der Waals surface area contributed by atoms with E-state index in [1.54, 1.807) is 18.2 Å². The lowest BCUT2D eigenvalue weighted by atomic mass is 10.1. The first kappa shape index (κ1) is 23.2. The van der Waals surface area contributed by atoms with E-state index in [2.05, 4.69) is 15.2 Å². The van der Waals surface area contributed by atoms with Crippen molar-refractivity contribution in [3.05, 3.63) is 77.1 Å². The van der Waals surface area contributed by atoms with Gasteiger partial charge < -0.3 is 10.1 Å². The van der Waals surface area contributed by atoms with Crippen LogP contribution in [0, 0.1) is 0 Å². The van der Waals surface area contributed by atoms with Crippen molar-refractivity contribution in [1.29, 1.82) is 0 Å². The first-order valence-electron chi connectivity index (χ1n) is 9.36. The molecule has 0 saturated carbocycles. The number of benzene rings is 2. The maximum absolute atomic E-state index is 13.2. The number of ether oxygens (including phenoxy) is 1. The average molecular weight is 457 g/mol. The van der Waals surface area contributed by atoms with E-state index in [-0.39, 0.29) is 11.3 Å². The molecule has 3 rings (SSSR count). The second-order valence-electron chi connectivity index (χ2n) is 6.69. The Hall–Kier alpha value is -3.50. The summed E-state index contributed by atoms with van der Waals surface area (Å²) in [6.07, 6.45) is -9.13. The number of nitrogens with zero attached hydrogens (tertiary/aromatic N) is 2. The number of alkyl halides is 6. The number of carbonyl (C=O) groups excluding carboxylic acids is 1. The molecule has 3 aromatic rings. The van der Waals surface area contributed by atoms with Gasteiger partial charge in [0.15, 0.2) is 5.69 Å². The first-order chi connectivity index (χ1) is 15.0. The normalized spacial score (nSPS) is 12.0. The van der Waals surface area contributed by atoms with E-state index in [4.69, 9.17) is 0 Å². The molecule has 0 aliphatic heterocycles. The number of carbonyl (C=O) groups is 1. The Morgan fingerprint density at radius 3 is 2.41 bits per heavy atom. The van der Waals surface area contributed by atoms with Crippen molar-refractivity contribution in [2.45, 2.75) is 32.4 Å². The Morgan fingerprint density at radius 1 is 1.03 bits per heavy atom. The van der Waals surface area contributed by atoms with Gasteiger partial charge in [-0.2, -0.15) is 18.3 Å². The van der Waals surface area contributed by atoms with E-state index < -0.39 is 42.1 Å². The Kier molecular flexibility index (Phi) is 6.47. The molecule has 0 fully saturated rings. The minimum absolute atomic E-state index is 0.00624. The summed E-state index contributed by atoms with van der Waals surface area (Å²) in [5.74, 6) is -1.47. The minimum atomic E-state index is -4.94. The fraction of sp³-hybridized carbons (Fsp3) is 0.238. The SMILES string of the molecule is CCc1cccc(-n2nc(C(F)(F)F)cc2C(=O)NCc2ccccc2OC(F)(F)F)c1. The molecule has 1 heterocycles. The molecule has 1 amide bonds. The molecule has 0 bridgehead atoms. The van der Waals surface area contributed by atoms with E-state index in [0.717, 1.165) is 16.3 Å². The topological polar surface area (TPSA) is 56.2 Å². The van der Waals surface area contributed by atoms with Gasteiger partial charge in [-0.25, -0.2) is 4.68 Å². The Morgan fingerprint density at radius 2 is 1.75 bits per heavy atom. The lowest BCUT2D eigenvalue weighted by molar-refractivity contribution is -0.274. The van der Waals surface area contributed by atoms with Crippen LogP contribution in [0.25, 0.3) is 5.69 Å². The number of aromatic nitrogens is 2. The lowest BCUT2D eigenvalue weighted by Crippen LogP contribution is -2.26. The van der Waals surface area contributed by atoms with Crippen LogP contribution >= 0.6 is 0 Å². The quantitative estimate of drug-likeness (QED) is 0.513. The molecular formula is C21H17F6N3O2. The number of para-hydroxylation sites is 1. The molecule has 32 heavy (non-hydrogen) atoms. The van der Waals surface area contributed by atoms with Crippen LogP contribution in [0.3, 0.4) is 0 Å². The van der Waals surface area contributed by atoms with Gasteiger partial charge in [-0.1, -0.05) is 37.3 Å². The van der Waals surface area contributed by atoms with Crippen molar-refractivity contribution >= 4 is 5.91 Å². The van der Waals surface area contributed by atoms with Gasteiger partial charge in [-0.05, 0) is 30.2 Å². The number of hydrogen-bond acceptors (Lipinski definition) is 3. The van der Waals surface area contributed by atoms with Gasteiger partial charge in [0.05, 0.1) is 5.69 Å². The second-order valence-corrected chi connectivity index (χ2v) is 6.69. The van der Waals surface area contributed by atoms with Crippen molar-refractivity contribution in [2.24, 2.45) is 0 Å². The van der Waals surface area contributed by atoms with Gasteiger partial charge >= 0.3 is 12.5 Å². The van der Waals surface area contributed by atoms with E-state index in [0.29, 0.717) is 12.5 Å². The summed E-state index contributed by atoms with van der Waals surface area (Å²) in [6, 6.07) is 12.2. The minimum Gasteiger partial charge on any atom is -0.405 e. The Labute approximate surface area is 178 Å². The molecule has 5 nitrogen and oxygen atoms in total. The number of rotatable bonds is 6. The van der Waals surface area contributed by atoms with Gasteiger partial charge in [0.1, 0.15) is 11.4 Å². The number of nitrogens with one attached hydrogen (secondary N) is 1. The third-order valence-electron chi connectivity index (χ3n) is 4.43. The van der Waals surface area contributed by atoms with Crippen molar-refractivity contribution in [3.8, 4) is 11.4 Å². The van der Waals surface area contributed by atoms with Crippen molar-refractivity contribution in [3.63, 3.8) is 0 Å². The molecule has 0 atom stereocenters. The number of aryl methyl sites for hydroxylation is 1. The van der Waals surface area contributed by atoms with Crippen molar-refractivity contribution < 1.29 is 35.9 Å². The number of amides is 1. The lowest BCUT2D eigenvalue weighted by Gasteiger charge is -2.14. The fourth-order valence-corrected chi connectivity index (χ4v) is 2.93. The molecule has 0 radical (unpaired) electrons. The van der Waals surface area contributed by atoms with Crippen LogP contribution in [0.4, 0.5) is 26.3 Å². The molecule has 0 unspecified atom stereocenters. The van der Waals surface area contributed by atoms with E-state index in [1.807, 2.05) is 6.92 Å². The van der Waals surface area contributed by atoms with Gasteiger partial charge in [-0.3, -0.25) is 4.79 Å². The van der Waals surface area contributed by atoms with Gasteiger partial charge in [0, 0.05) is 18.2 Å². The maximum atomic E-state index is 13.2. The maximum Gasteiger partial charge on any atom is 0.573 e. The molecule has 1 aromatic heterocycles. The molecule has 170 valence electrons. The fourth-order valence-electron chi connectivity index (χ4n) is 2.93. The van der Waals surface area contributed by atoms with Crippen LogP contribution < -0.4 is 10.1 Å². The highest BCUT2D eigenvalue weighted by molar-refractivity contribution is 5.93. The van der Waals surface area contributed by atoms with E-state index >= 15 is 0 Å². The monoisotopic (exact) mass is 457 g/mol. The van der Waals surface area contributed by atoms with Gasteiger partial charge in [0.2, 0.25) is 0 Å². The zero-order valence-electron chi connectivity index (χ0n) is 16.6. The zero-order valence-corrected chi connectivity index (χ0v) is 16.6. The summed E-state index contributed by atoms with van der Waals surface area (Å²) in [6.45, 7) is 1.45. The number of hydrogen-bond donors (Lipinski definition) is 1. The van der Waals surface area contributed by atoms with Crippen LogP contribution in [-0.4, -0.2) is 22.1 Å². The van der Waals surface area contributed by atoms with Crippen LogP contribution in [-0.2, 0) is 19.1 Å². The summed E-state index contributed by atoms with van der Waals surface area (Å²) in [5, 5.41) is 5.86. The summed E-state index contributed by atoms with van der Waals surface area (Å²) in [7, 11) is 0. The molecule has 11 heteroatoms. The average Bonchev–Trinajstić information content (AvgIpc) is 3.18. The van der Waals surface area contributed by atoms with Crippen molar-refractivity contribution in [1.82, 2.24) is 15.1 Å². The Balaban J connectivity index is 1.91. The predicted molar refractivity (Wildman–Crippen MR) is 102 cm³/mol. The highest BCUT2D eigenvalue weighted by Gasteiger charge is 2.36. The Bertz CT molecular complexity index is 1110. The second kappa shape index (κ2) is 8.93. The largest absolute Gasteiger partial charge is 0.573 e. The smallest absolute Gasteiger partial charge is 0.405 e. The summed E-state index contributed by atoms with van der Waals surface area (Å²) in [5.41, 5.74) is -0.639. The van der Waals surface area contributed by atoms with Crippen LogP contribution in [0.2, 0.25) is 0 Å². The summed E-state index contributed by atoms with van der Waals surface area (Å²) < 4.78 is 82.2. The highest BCUT2D eigenvalue weighted by atomic mass is 19.4. The first-order valence-corrected chi connectivity index (χ1v) is 9.36. The summed E-state index contributed by atoms with van der Waals surface area (Å²) >= 11 is 0. The molecule has 0 saturated heterocycles. The number of halogens is 6. The van der Waals surface area contributed by atoms with Crippen LogP contribution in [0.15, 0.2) is 54.6 Å². The van der Waals surface area contributed by atoms with E-state index in [1.165, 1.54) is 24.3 Å². The molecule has 0 aliphatic rings. The zero-order chi connectivity index (χ0) is 23.5. The molecule has 0 aliphatic carbocycles. The highest BCUT2D eigenvalue weighted by Crippen LogP contribution is 2.30.